The normalized spacial score (nSPS) is 20.7. The van der Waals surface area contributed by atoms with Gasteiger partial charge in [0.05, 0.1) is 12.6 Å². The van der Waals surface area contributed by atoms with Gasteiger partial charge in [-0.2, -0.15) is 5.10 Å². The van der Waals surface area contributed by atoms with Gasteiger partial charge in [0.25, 0.3) is 5.91 Å². The zero-order valence-electron chi connectivity index (χ0n) is 13.9. The van der Waals surface area contributed by atoms with Crippen LogP contribution in [0.2, 0.25) is 0 Å². The van der Waals surface area contributed by atoms with Crippen molar-refractivity contribution in [2.45, 2.75) is 31.8 Å². The molecule has 0 aliphatic carbocycles. The van der Waals surface area contributed by atoms with Crippen LogP contribution in [0.15, 0.2) is 29.4 Å². The van der Waals surface area contributed by atoms with Crippen molar-refractivity contribution < 1.29 is 18.8 Å². The fourth-order valence-corrected chi connectivity index (χ4v) is 2.88. The molecule has 3 amide bonds. The largest absolute Gasteiger partial charge is 0.346 e. The summed E-state index contributed by atoms with van der Waals surface area (Å²) in [6.45, 7) is 0.649. The van der Waals surface area contributed by atoms with Gasteiger partial charge in [0.1, 0.15) is 11.5 Å². The molecular weight excluding hydrogens is 327 g/mol. The molecule has 1 unspecified atom stereocenters. The van der Waals surface area contributed by atoms with E-state index in [0.29, 0.717) is 6.54 Å². The summed E-state index contributed by atoms with van der Waals surface area (Å²) in [6.07, 6.45) is 0.728. The lowest BCUT2D eigenvalue weighted by Crippen LogP contribution is -2.43. The molecular formula is C17H19FN4O3. The molecule has 0 bridgehead atoms. The van der Waals surface area contributed by atoms with Crippen molar-refractivity contribution in [1.82, 2.24) is 15.2 Å². The topological polar surface area (TPSA) is 82.1 Å². The highest BCUT2D eigenvalue weighted by atomic mass is 19.1. The number of likely N-dealkylation sites (tertiary alicyclic amines) is 1. The molecule has 2 aliphatic heterocycles. The third kappa shape index (κ3) is 4.01. The number of halogens is 1. The summed E-state index contributed by atoms with van der Waals surface area (Å²) in [5.41, 5.74) is 0.992. The second-order valence-electron chi connectivity index (χ2n) is 6.27. The Balaban J connectivity index is 1.66. The lowest BCUT2D eigenvalue weighted by Gasteiger charge is -2.24. The first-order valence-corrected chi connectivity index (χ1v) is 8.09. The minimum absolute atomic E-state index is 0.0102. The summed E-state index contributed by atoms with van der Waals surface area (Å²) in [5, 5.41) is 8.19. The maximum Gasteiger partial charge on any atom is 0.267 e. The van der Waals surface area contributed by atoms with Gasteiger partial charge in [0, 0.05) is 32.9 Å². The number of hydrogen-bond donors (Lipinski definition) is 1. The van der Waals surface area contributed by atoms with E-state index in [4.69, 9.17) is 0 Å². The molecule has 1 saturated heterocycles. The molecule has 3 rings (SSSR count). The molecule has 0 radical (unpaired) electrons. The van der Waals surface area contributed by atoms with Gasteiger partial charge in [0.2, 0.25) is 11.8 Å². The van der Waals surface area contributed by atoms with Crippen molar-refractivity contribution in [3.63, 3.8) is 0 Å². The average Bonchev–Trinajstić information content (AvgIpc) is 2.89. The summed E-state index contributed by atoms with van der Waals surface area (Å²) in [5.74, 6) is -0.904. The van der Waals surface area contributed by atoms with Crippen LogP contribution in [0.25, 0.3) is 0 Å². The highest BCUT2D eigenvalue weighted by Gasteiger charge is 2.30. The first kappa shape index (κ1) is 17.1. The van der Waals surface area contributed by atoms with Crippen LogP contribution in [0.1, 0.15) is 24.8 Å². The highest BCUT2D eigenvalue weighted by Crippen LogP contribution is 2.15. The molecule has 1 aromatic carbocycles. The zero-order valence-corrected chi connectivity index (χ0v) is 13.9. The van der Waals surface area contributed by atoms with Crippen LogP contribution in [0, 0.1) is 5.82 Å². The van der Waals surface area contributed by atoms with E-state index in [1.165, 1.54) is 17.1 Å². The minimum Gasteiger partial charge on any atom is -0.346 e. The zero-order chi connectivity index (χ0) is 18.0. The number of carbonyl (C=O) groups is 3. The number of hydrazone groups is 1. The molecule has 0 aromatic heterocycles. The molecule has 1 N–H and O–H groups in total. The molecule has 0 spiro atoms. The molecule has 7 nitrogen and oxygen atoms in total. The Labute approximate surface area is 144 Å². The van der Waals surface area contributed by atoms with Crippen LogP contribution in [0.5, 0.6) is 0 Å². The van der Waals surface area contributed by atoms with Gasteiger partial charge < -0.3 is 10.2 Å². The van der Waals surface area contributed by atoms with E-state index >= 15 is 0 Å². The fraction of sp³-hybridized carbons (Fsp3) is 0.412. The van der Waals surface area contributed by atoms with E-state index in [-0.39, 0.29) is 61.1 Å². The first-order valence-electron chi connectivity index (χ1n) is 8.09. The number of rotatable bonds is 4. The van der Waals surface area contributed by atoms with Crippen LogP contribution in [-0.4, -0.2) is 53.0 Å². The van der Waals surface area contributed by atoms with E-state index in [1.54, 1.807) is 24.1 Å². The van der Waals surface area contributed by atoms with Crippen molar-refractivity contribution in [3.05, 3.63) is 35.6 Å². The van der Waals surface area contributed by atoms with Gasteiger partial charge in [-0.15, -0.1) is 0 Å². The van der Waals surface area contributed by atoms with Gasteiger partial charge in [-0.25, -0.2) is 9.40 Å². The van der Waals surface area contributed by atoms with Gasteiger partial charge >= 0.3 is 0 Å². The second kappa shape index (κ2) is 7.00. The molecule has 1 aromatic rings. The van der Waals surface area contributed by atoms with Gasteiger partial charge in [-0.3, -0.25) is 14.4 Å². The third-order valence-corrected chi connectivity index (χ3v) is 4.29. The predicted molar refractivity (Wildman–Crippen MR) is 87.8 cm³/mol. The number of carbonyl (C=O) groups excluding carboxylic acids is 3. The standard InChI is InChI=1S/C17H19FN4O3/c1-21-10-13(8-16(21)24)19-17(25)14-6-7-15(23)22(20-14)9-11-2-4-12(18)5-3-11/h2-5,13H,6-10H2,1H3,(H,19,25). The molecule has 25 heavy (non-hydrogen) atoms. The molecule has 2 aliphatic rings. The monoisotopic (exact) mass is 346 g/mol. The van der Waals surface area contributed by atoms with Gasteiger partial charge in [0.15, 0.2) is 0 Å². The third-order valence-electron chi connectivity index (χ3n) is 4.29. The summed E-state index contributed by atoms with van der Waals surface area (Å²) in [7, 11) is 1.69. The molecule has 8 heteroatoms. The summed E-state index contributed by atoms with van der Waals surface area (Å²) >= 11 is 0. The first-order chi connectivity index (χ1) is 11.9. The number of benzene rings is 1. The fourth-order valence-electron chi connectivity index (χ4n) is 2.88. The Kier molecular flexibility index (Phi) is 4.78. The Morgan fingerprint density at radius 2 is 1.96 bits per heavy atom. The number of likely N-dealkylation sites (N-methyl/N-ethyl adjacent to an activating group) is 1. The predicted octanol–water partition coefficient (Wildman–Crippen LogP) is 0.651. The van der Waals surface area contributed by atoms with Crippen LogP contribution < -0.4 is 5.32 Å². The molecule has 1 atom stereocenters. The van der Waals surface area contributed by atoms with Crippen molar-refractivity contribution in [2.24, 2.45) is 5.10 Å². The van der Waals surface area contributed by atoms with E-state index in [1.807, 2.05) is 0 Å². The number of hydrogen-bond acceptors (Lipinski definition) is 4. The molecule has 1 fully saturated rings. The summed E-state index contributed by atoms with van der Waals surface area (Å²) < 4.78 is 13.0. The molecule has 2 heterocycles. The second-order valence-corrected chi connectivity index (χ2v) is 6.27. The van der Waals surface area contributed by atoms with E-state index in [2.05, 4.69) is 10.4 Å². The van der Waals surface area contributed by atoms with Crippen LogP contribution in [-0.2, 0) is 20.9 Å². The van der Waals surface area contributed by atoms with Gasteiger partial charge in [-0.1, -0.05) is 12.1 Å². The van der Waals surface area contributed by atoms with E-state index < -0.39 is 0 Å². The maximum absolute atomic E-state index is 13.0. The van der Waals surface area contributed by atoms with Gasteiger partial charge in [-0.05, 0) is 17.7 Å². The quantitative estimate of drug-likeness (QED) is 0.869. The average molecular weight is 346 g/mol. The Hall–Kier alpha value is -2.77. The van der Waals surface area contributed by atoms with Crippen molar-refractivity contribution in [3.8, 4) is 0 Å². The summed E-state index contributed by atoms with van der Waals surface area (Å²) in [6, 6.07) is 5.54. The van der Waals surface area contributed by atoms with Crippen LogP contribution >= 0.6 is 0 Å². The molecule has 132 valence electrons. The number of nitrogens with zero attached hydrogens (tertiary/aromatic N) is 3. The van der Waals surface area contributed by atoms with Crippen molar-refractivity contribution >= 4 is 23.4 Å². The molecule has 0 saturated carbocycles. The Morgan fingerprint density at radius 1 is 1.24 bits per heavy atom. The highest BCUT2D eigenvalue weighted by molar-refractivity contribution is 6.39. The smallest absolute Gasteiger partial charge is 0.267 e. The van der Waals surface area contributed by atoms with Crippen LogP contribution in [0.3, 0.4) is 0 Å². The number of amides is 3. The Bertz CT molecular complexity index is 732. The lowest BCUT2D eigenvalue weighted by molar-refractivity contribution is -0.132. The van der Waals surface area contributed by atoms with E-state index in [0.717, 1.165) is 5.56 Å². The van der Waals surface area contributed by atoms with Crippen molar-refractivity contribution in [1.29, 1.82) is 0 Å². The SMILES string of the molecule is CN1CC(NC(=O)C2=NN(Cc3ccc(F)cc3)C(=O)CC2)CC1=O. The van der Waals surface area contributed by atoms with Crippen LogP contribution in [0.4, 0.5) is 4.39 Å². The lowest BCUT2D eigenvalue weighted by atomic mass is 10.1. The number of nitrogens with one attached hydrogen (secondary N) is 1. The maximum atomic E-state index is 13.0. The van der Waals surface area contributed by atoms with Crippen molar-refractivity contribution in [2.75, 3.05) is 13.6 Å². The summed E-state index contributed by atoms with van der Waals surface area (Å²) in [4.78, 5) is 37.5. The minimum atomic E-state index is -0.357. The van der Waals surface area contributed by atoms with E-state index in [9.17, 15) is 18.8 Å². The Morgan fingerprint density at radius 3 is 2.60 bits per heavy atom.